The van der Waals surface area contributed by atoms with E-state index in [1.165, 1.54) is 5.56 Å². The third-order valence-electron chi connectivity index (χ3n) is 6.45. The van der Waals surface area contributed by atoms with Crippen LogP contribution in [0.15, 0.2) is 48.5 Å². The van der Waals surface area contributed by atoms with Crippen molar-refractivity contribution in [2.75, 3.05) is 38.0 Å². The van der Waals surface area contributed by atoms with Crippen molar-refractivity contribution < 1.29 is 4.79 Å². The van der Waals surface area contributed by atoms with Gasteiger partial charge in [0.2, 0.25) is 5.91 Å². The summed E-state index contributed by atoms with van der Waals surface area (Å²) in [5.41, 5.74) is 4.03. The molecular weight excluding hydrogens is 398 g/mol. The highest BCUT2D eigenvalue weighted by Gasteiger charge is 2.23. The van der Waals surface area contributed by atoms with E-state index in [1.54, 1.807) is 0 Å². The number of amides is 1. The van der Waals surface area contributed by atoms with Crippen LogP contribution in [0.25, 0.3) is 0 Å². The van der Waals surface area contributed by atoms with Gasteiger partial charge in [-0.2, -0.15) is 5.26 Å². The molecule has 1 unspecified atom stereocenters. The molecule has 0 saturated carbocycles. The molecule has 2 N–H and O–H groups in total. The molecule has 2 aromatic carbocycles. The maximum absolute atomic E-state index is 12.8. The van der Waals surface area contributed by atoms with Crippen LogP contribution < -0.4 is 10.6 Å². The summed E-state index contributed by atoms with van der Waals surface area (Å²) in [6.07, 6.45) is 2.31. The summed E-state index contributed by atoms with van der Waals surface area (Å²) in [6.45, 7) is 7.95. The molecule has 0 aliphatic carbocycles. The summed E-state index contributed by atoms with van der Waals surface area (Å²) in [7, 11) is 0. The molecule has 2 saturated heterocycles. The predicted molar refractivity (Wildman–Crippen MR) is 127 cm³/mol. The normalized spacial score (nSPS) is 20.0. The molecule has 0 aromatic heterocycles. The van der Waals surface area contributed by atoms with Crippen molar-refractivity contribution in [1.29, 1.82) is 5.26 Å². The lowest BCUT2D eigenvalue weighted by Crippen LogP contribution is -2.48. The Labute approximate surface area is 191 Å². The monoisotopic (exact) mass is 431 g/mol. The molecule has 1 atom stereocenters. The lowest BCUT2D eigenvalue weighted by Gasteiger charge is -2.33. The molecular formula is C26H33N5O. The van der Waals surface area contributed by atoms with Crippen LogP contribution in [0.1, 0.15) is 36.5 Å². The highest BCUT2D eigenvalue weighted by molar-refractivity contribution is 5.79. The lowest BCUT2D eigenvalue weighted by molar-refractivity contribution is -0.131. The number of hydrogen-bond acceptors (Lipinski definition) is 5. The van der Waals surface area contributed by atoms with Crippen LogP contribution in [0.2, 0.25) is 0 Å². The fourth-order valence-electron chi connectivity index (χ4n) is 4.65. The summed E-state index contributed by atoms with van der Waals surface area (Å²) >= 11 is 0. The first-order valence-electron chi connectivity index (χ1n) is 11.7. The third kappa shape index (κ3) is 6.09. The highest BCUT2D eigenvalue weighted by Crippen LogP contribution is 2.19. The average Bonchev–Trinajstić information content (AvgIpc) is 2.81. The van der Waals surface area contributed by atoms with Gasteiger partial charge in [-0.1, -0.05) is 30.3 Å². The standard InChI is InChI=1S/C26H33N5O/c1-20-18-30(14-11-28-20)19-22-7-5-21(6-8-22)16-26(32)31-12-9-24(10-13-31)29-25-4-2-3-23(15-25)17-27/h2-8,15,20,24,28-29H,9-14,16,18-19H2,1H3. The van der Waals surface area contributed by atoms with E-state index in [4.69, 9.17) is 5.26 Å². The fraction of sp³-hybridized carbons (Fsp3) is 0.462. The van der Waals surface area contributed by atoms with Gasteiger partial charge in [0.25, 0.3) is 0 Å². The Morgan fingerprint density at radius 1 is 1.12 bits per heavy atom. The number of piperidine rings is 1. The van der Waals surface area contributed by atoms with Gasteiger partial charge in [0, 0.05) is 57.0 Å². The van der Waals surface area contributed by atoms with Crippen molar-refractivity contribution in [2.24, 2.45) is 0 Å². The van der Waals surface area contributed by atoms with Gasteiger partial charge in [-0.3, -0.25) is 9.69 Å². The number of rotatable bonds is 6. The largest absolute Gasteiger partial charge is 0.382 e. The Morgan fingerprint density at radius 2 is 1.88 bits per heavy atom. The SMILES string of the molecule is CC1CN(Cc2ccc(CC(=O)N3CCC(Nc4cccc(C#N)c4)CC3)cc2)CCN1. The topological polar surface area (TPSA) is 71.4 Å². The summed E-state index contributed by atoms with van der Waals surface area (Å²) < 4.78 is 0. The molecule has 2 heterocycles. The minimum Gasteiger partial charge on any atom is -0.382 e. The molecule has 0 bridgehead atoms. The molecule has 32 heavy (non-hydrogen) atoms. The van der Waals surface area contributed by atoms with Gasteiger partial charge in [-0.15, -0.1) is 0 Å². The average molecular weight is 432 g/mol. The van der Waals surface area contributed by atoms with E-state index in [-0.39, 0.29) is 5.91 Å². The molecule has 0 spiro atoms. The molecule has 2 aliphatic heterocycles. The molecule has 0 radical (unpaired) electrons. The van der Waals surface area contributed by atoms with E-state index < -0.39 is 0 Å². The fourth-order valence-corrected chi connectivity index (χ4v) is 4.65. The Hall–Kier alpha value is -2.88. The van der Waals surface area contributed by atoms with Gasteiger partial charge in [-0.25, -0.2) is 0 Å². The minimum absolute atomic E-state index is 0.207. The van der Waals surface area contributed by atoms with Crippen molar-refractivity contribution in [2.45, 2.75) is 44.8 Å². The molecule has 6 nitrogen and oxygen atoms in total. The van der Waals surface area contributed by atoms with Crippen molar-refractivity contribution >= 4 is 11.6 Å². The Morgan fingerprint density at radius 3 is 2.59 bits per heavy atom. The number of nitrogens with one attached hydrogen (secondary N) is 2. The number of benzene rings is 2. The van der Waals surface area contributed by atoms with Gasteiger partial charge < -0.3 is 15.5 Å². The van der Waals surface area contributed by atoms with E-state index in [0.29, 0.717) is 24.1 Å². The smallest absolute Gasteiger partial charge is 0.226 e. The zero-order valence-corrected chi connectivity index (χ0v) is 18.9. The second kappa shape index (κ2) is 10.6. The molecule has 1 amide bonds. The Kier molecular flexibility index (Phi) is 7.41. The van der Waals surface area contributed by atoms with Crippen molar-refractivity contribution in [3.8, 4) is 6.07 Å². The summed E-state index contributed by atoms with van der Waals surface area (Å²) in [5.74, 6) is 0.207. The maximum Gasteiger partial charge on any atom is 0.226 e. The number of nitrogens with zero attached hydrogens (tertiary/aromatic N) is 3. The van der Waals surface area contributed by atoms with Crippen LogP contribution in [-0.2, 0) is 17.8 Å². The van der Waals surface area contributed by atoms with Gasteiger partial charge >= 0.3 is 0 Å². The summed E-state index contributed by atoms with van der Waals surface area (Å²) in [5, 5.41) is 16.0. The second-order valence-electron chi connectivity index (χ2n) is 9.08. The summed E-state index contributed by atoms with van der Waals surface area (Å²) in [6, 6.07) is 19.2. The zero-order chi connectivity index (χ0) is 22.3. The third-order valence-corrected chi connectivity index (χ3v) is 6.45. The number of carbonyl (C=O) groups excluding carboxylic acids is 1. The van der Waals surface area contributed by atoms with Crippen molar-refractivity contribution in [3.63, 3.8) is 0 Å². The van der Waals surface area contributed by atoms with Gasteiger partial charge in [0.15, 0.2) is 0 Å². The lowest BCUT2D eigenvalue weighted by atomic mass is 10.0. The van der Waals surface area contributed by atoms with Crippen molar-refractivity contribution in [3.05, 3.63) is 65.2 Å². The van der Waals surface area contributed by atoms with Crippen LogP contribution in [-0.4, -0.2) is 60.5 Å². The second-order valence-corrected chi connectivity index (χ2v) is 9.08. The molecule has 2 aromatic rings. The first kappa shape index (κ1) is 22.3. The quantitative estimate of drug-likeness (QED) is 0.736. The molecule has 2 fully saturated rings. The van der Waals surface area contributed by atoms with E-state index in [1.807, 2.05) is 29.2 Å². The maximum atomic E-state index is 12.8. The molecule has 6 heteroatoms. The number of anilines is 1. The first-order chi connectivity index (χ1) is 15.6. The number of carbonyl (C=O) groups is 1. The van der Waals surface area contributed by atoms with Crippen LogP contribution in [0.4, 0.5) is 5.69 Å². The first-order valence-corrected chi connectivity index (χ1v) is 11.7. The molecule has 168 valence electrons. The van der Waals surface area contributed by atoms with Gasteiger partial charge in [0.05, 0.1) is 18.1 Å². The van der Waals surface area contributed by atoms with Crippen LogP contribution in [0, 0.1) is 11.3 Å². The molecule has 2 aliphatic rings. The number of piperazine rings is 1. The van der Waals surface area contributed by atoms with Crippen molar-refractivity contribution in [1.82, 2.24) is 15.1 Å². The van der Waals surface area contributed by atoms with E-state index in [0.717, 1.165) is 63.4 Å². The Balaban J connectivity index is 1.22. The number of nitriles is 1. The summed E-state index contributed by atoms with van der Waals surface area (Å²) in [4.78, 5) is 17.3. The predicted octanol–water partition coefficient (Wildman–Crippen LogP) is 3.00. The molecule has 4 rings (SSSR count). The number of hydrogen-bond donors (Lipinski definition) is 2. The number of likely N-dealkylation sites (tertiary alicyclic amines) is 1. The van der Waals surface area contributed by atoms with E-state index in [9.17, 15) is 4.79 Å². The Bertz CT molecular complexity index is 943. The van der Waals surface area contributed by atoms with Gasteiger partial charge in [-0.05, 0) is 49.1 Å². The van der Waals surface area contributed by atoms with E-state index in [2.05, 4.69) is 52.8 Å². The zero-order valence-electron chi connectivity index (χ0n) is 18.9. The van der Waals surface area contributed by atoms with Crippen LogP contribution in [0.3, 0.4) is 0 Å². The highest BCUT2D eigenvalue weighted by atomic mass is 16.2. The van der Waals surface area contributed by atoms with E-state index >= 15 is 0 Å². The van der Waals surface area contributed by atoms with Crippen LogP contribution in [0.5, 0.6) is 0 Å². The minimum atomic E-state index is 0.207. The van der Waals surface area contributed by atoms with Crippen LogP contribution >= 0.6 is 0 Å². The van der Waals surface area contributed by atoms with Gasteiger partial charge in [0.1, 0.15) is 0 Å².